The zero-order valence-electron chi connectivity index (χ0n) is 11.8. The third kappa shape index (κ3) is 2.97. The van der Waals surface area contributed by atoms with Gasteiger partial charge in [0.05, 0.1) is 28.9 Å². The van der Waals surface area contributed by atoms with Gasteiger partial charge in [0, 0.05) is 0 Å². The molecule has 2 aromatic rings. The van der Waals surface area contributed by atoms with Crippen molar-refractivity contribution in [2.45, 2.75) is 25.3 Å². The summed E-state index contributed by atoms with van der Waals surface area (Å²) in [6.07, 6.45) is 3.31. The van der Waals surface area contributed by atoms with Gasteiger partial charge < -0.3 is 10.1 Å². The SMILES string of the molecule is COc1ccc2c(c1)C(Nc1c(Cl)cccc1Cl)CCC2. The summed E-state index contributed by atoms with van der Waals surface area (Å²) in [5.74, 6) is 0.882. The average molecular weight is 322 g/mol. The van der Waals surface area contributed by atoms with Gasteiger partial charge in [-0.1, -0.05) is 35.3 Å². The lowest BCUT2D eigenvalue weighted by Crippen LogP contribution is -2.17. The van der Waals surface area contributed by atoms with Crippen molar-refractivity contribution < 1.29 is 4.74 Å². The van der Waals surface area contributed by atoms with E-state index in [9.17, 15) is 0 Å². The molecule has 1 atom stereocenters. The summed E-state index contributed by atoms with van der Waals surface area (Å²) in [5.41, 5.74) is 3.45. The third-order valence-corrected chi connectivity index (χ3v) is 4.58. The van der Waals surface area contributed by atoms with E-state index in [1.165, 1.54) is 11.1 Å². The number of aryl methyl sites for hydroxylation is 1. The van der Waals surface area contributed by atoms with E-state index in [4.69, 9.17) is 27.9 Å². The van der Waals surface area contributed by atoms with Crippen LogP contribution in [0.2, 0.25) is 10.0 Å². The van der Waals surface area contributed by atoms with Crippen LogP contribution in [0.4, 0.5) is 5.69 Å². The van der Waals surface area contributed by atoms with Gasteiger partial charge in [-0.15, -0.1) is 0 Å². The predicted molar refractivity (Wildman–Crippen MR) is 88.8 cm³/mol. The number of fused-ring (bicyclic) bond motifs is 1. The number of benzene rings is 2. The lowest BCUT2D eigenvalue weighted by atomic mass is 9.87. The Balaban J connectivity index is 1.95. The van der Waals surface area contributed by atoms with Gasteiger partial charge in [0.15, 0.2) is 0 Å². The summed E-state index contributed by atoms with van der Waals surface area (Å²) in [6, 6.07) is 12.0. The molecule has 0 saturated carbocycles. The summed E-state index contributed by atoms with van der Waals surface area (Å²) in [6.45, 7) is 0. The maximum Gasteiger partial charge on any atom is 0.119 e. The summed E-state index contributed by atoms with van der Waals surface area (Å²) in [4.78, 5) is 0. The number of hydrogen-bond donors (Lipinski definition) is 1. The molecule has 2 aromatic carbocycles. The van der Waals surface area contributed by atoms with Crippen LogP contribution in [0.25, 0.3) is 0 Å². The molecule has 0 aliphatic heterocycles. The zero-order valence-corrected chi connectivity index (χ0v) is 13.3. The second-order valence-corrected chi connectivity index (χ2v) is 6.06. The molecule has 2 nitrogen and oxygen atoms in total. The molecule has 4 heteroatoms. The molecule has 0 amide bonds. The fourth-order valence-corrected chi connectivity index (χ4v) is 3.37. The molecule has 110 valence electrons. The topological polar surface area (TPSA) is 21.3 Å². The Morgan fingerprint density at radius 2 is 1.90 bits per heavy atom. The zero-order chi connectivity index (χ0) is 14.8. The van der Waals surface area contributed by atoms with Crippen LogP contribution in [0.3, 0.4) is 0 Å². The van der Waals surface area contributed by atoms with Crippen molar-refractivity contribution in [2.75, 3.05) is 12.4 Å². The number of methoxy groups -OCH3 is 1. The quantitative estimate of drug-likeness (QED) is 0.806. The number of anilines is 1. The first-order valence-electron chi connectivity index (χ1n) is 7.06. The third-order valence-electron chi connectivity index (χ3n) is 3.95. The number of hydrogen-bond acceptors (Lipinski definition) is 2. The van der Waals surface area contributed by atoms with Crippen molar-refractivity contribution in [1.29, 1.82) is 0 Å². The van der Waals surface area contributed by atoms with E-state index in [1.54, 1.807) is 7.11 Å². The molecular formula is C17H17Cl2NO. The molecule has 1 aliphatic carbocycles. The van der Waals surface area contributed by atoms with Crippen molar-refractivity contribution in [3.63, 3.8) is 0 Å². The highest BCUT2D eigenvalue weighted by Gasteiger charge is 2.22. The standard InChI is InChI=1S/C17H17Cl2NO/c1-21-12-9-8-11-4-2-7-16(13(11)10-12)20-17-14(18)5-3-6-15(17)19/h3,5-6,8-10,16,20H,2,4,7H2,1H3. The van der Waals surface area contributed by atoms with Gasteiger partial charge >= 0.3 is 0 Å². The number of nitrogens with one attached hydrogen (secondary N) is 1. The van der Waals surface area contributed by atoms with Crippen molar-refractivity contribution in [3.05, 3.63) is 57.6 Å². The molecule has 0 fully saturated rings. The van der Waals surface area contributed by atoms with E-state index in [0.29, 0.717) is 10.0 Å². The molecule has 0 heterocycles. The highest BCUT2D eigenvalue weighted by atomic mass is 35.5. The van der Waals surface area contributed by atoms with E-state index in [2.05, 4.69) is 17.4 Å². The van der Waals surface area contributed by atoms with Crippen LogP contribution in [0, 0.1) is 0 Å². The molecule has 3 rings (SSSR count). The van der Waals surface area contributed by atoms with Gasteiger partial charge in [-0.2, -0.15) is 0 Å². The molecule has 21 heavy (non-hydrogen) atoms. The van der Waals surface area contributed by atoms with Crippen LogP contribution in [0.5, 0.6) is 5.75 Å². The summed E-state index contributed by atoms with van der Waals surface area (Å²) < 4.78 is 5.35. The van der Waals surface area contributed by atoms with Gasteiger partial charge in [-0.05, 0) is 54.7 Å². The van der Waals surface area contributed by atoms with Gasteiger partial charge in [0.1, 0.15) is 5.75 Å². The number of para-hydroxylation sites is 1. The van der Waals surface area contributed by atoms with Gasteiger partial charge in [-0.3, -0.25) is 0 Å². The van der Waals surface area contributed by atoms with Crippen LogP contribution in [-0.4, -0.2) is 7.11 Å². The molecule has 0 bridgehead atoms. The lowest BCUT2D eigenvalue weighted by Gasteiger charge is -2.28. The number of halogens is 2. The first-order chi connectivity index (χ1) is 10.2. The summed E-state index contributed by atoms with van der Waals surface area (Å²) in [7, 11) is 1.69. The van der Waals surface area contributed by atoms with Crippen LogP contribution in [0.1, 0.15) is 30.0 Å². The fourth-order valence-electron chi connectivity index (χ4n) is 2.86. The van der Waals surface area contributed by atoms with Crippen molar-refractivity contribution in [2.24, 2.45) is 0 Å². The van der Waals surface area contributed by atoms with Crippen molar-refractivity contribution >= 4 is 28.9 Å². The monoisotopic (exact) mass is 321 g/mol. The molecule has 0 spiro atoms. The van der Waals surface area contributed by atoms with E-state index in [-0.39, 0.29) is 6.04 Å². The van der Waals surface area contributed by atoms with Gasteiger partial charge in [0.25, 0.3) is 0 Å². The predicted octanol–water partition coefficient (Wildman–Crippen LogP) is 5.49. The maximum atomic E-state index is 6.26. The van der Waals surface area contributed by atoms with Crippen molar-refractivity contribution in [3.8, 4) is 5.75 Å². The lowest BCUT2D eigenvalue weighted by molar-refractivity contribution is 0.413. The second kappa shape index (κ2) is 6.17. The van der Waals surface area contributed by atoms with Crippen molar-refractivity contribution in [1.82, 2.24) is 0 Å². The molecule has 1 unspecified atom stereocenters. The normalized spacial score (nSPS) is 17.2. The molecule has 0 radical (unpaired) electrons. The second-order valence-electron chi connectivity index (χ2n) is 5.25. The van der Waals surface area contributed by atoms with Crippen LogP contribution in [0.15, 0.2) is 36.4 Å². The summed E-state index contributed by atoms with van der Waals surface area (Å²) >= 11 is 12.5. The maximum absolute atomic E-state index is 6.26. The highest BCUT2D eigenvalue weighted by Crippen LogP contribution is 2.38. The number of rotatable bonds is 3. The smallest absolute Gasteiger partial charge is 0.119 e. The van der Waals surface area contributed by atoms with E-state index in [1.807, 2.05) is 24.3 Å². The Kier molecular flexibility index (Phi) is 4.27. The molecule has 0 saturated heterocycles. The minimum Gasteiger partial charge on any atom is -0.497 e. The first kappa shape index (κ1) is 14.6. The minimum absolute atomic E-state index is 0.209. The number of ether oxygens (including phenoxy) is 1. The van der Waals surface area contributed by atoms with E-state index < -0.39 is 0 Å². The largest absolute Gasteiger partial charge is 0.497 e. The van der Waals surface area contributed by atoms with Crippen LogP contribution >= 0.6 is 23.2 Å². The van der Waals surface area contributed by atoms with Crippen LogP contribution < -0.4 is 10.1 Å². The first-order valence-corrected chi connectivity index (χ1v) is 7.82. The molecule has 1 N–H and O–H groups in total. The Labute approximate surface area is 135 Å². The Hall–Kier alpha value is -1.38. The van der Waals surface area contributed by atoms with E-state index in [0.717, 1.165) is 30.7 Å². The molecule has 0 aromatic heterocycles. The van der Waals surface area contributed by atoms with E-state index >= 15 is 0 Å². The highest BCUT2D eigenvalue weighted by molar-refractivity contribution is 6.39. The molecular weight excluding hydrogens is 305 g/mol. The average Bonchev–Trinajstić information content (AvgIpc) is 2.50. The fraction of sp³-hybridized carbons (Fsp3) is 0.294. The van der Waals surface area contributed by atoms with Gasteiger partial charge in [-0.25, -0.2) is 0 Å². The molecule has 1 aliphatic rings. The van der Waals surface area contributed by atoms with Gasteiger partial charge in [0.2, 0.25) is 0 Å². The Bertz CT molecular complexity index is 637. The Morgan fingerprint density at radius 3 is 2.62 bits per heavy atom. The summed E-state index contributed by atoms with van der Waals surface area (Å²) in [5, 5.41) is 4.81. The Morgan fingerprint density at radius 1 is 1.14 bits per heavy atom. The minimum atomic E-state index is 0.209. The van der Waals surface area contributed by atoms with Crippen LogP contribution in [-0.2, 0) is 6.42 Å².